The Hall–Kier alpha value is 1.09. The van der Waals surface area contributed by atoms with Crippen LogP contribution in [-0.2, 0) is 0 Å². The molecule has 4 heteroatoms. The van der Waals surface area contributed by atoms with Gasteiger partial charge in [-0.2, -0.15) is 0 Å². The predicted molar refractivity (Wildman–Crippen MR) is 48.0 cm³/mol. The van der Waals surface area contributed by atoms with Crippen molar-refractivity contribution in [3.05, 3.63) is 0 Å². The number of rotatable bonds is 3. The molecule has 0 aromatic heterocycles. The van der Waals surface area contributed by atoms with E-state index in [-0.39, 0.29) is 5.00 Å². The molecule has 1 atom stereocenters. The molecule has 0 bridgehead atoms. The normalized spacial score (nSPS) is 15.0. The van der Waals surface area contributed by atoms with Gasteiger partial charge in [0.2, 0.25) is 0 Å². The van der Waals surface area contributed by atoms with Gasteiger partial charge >= 0.3 is 0 Å². The lowest BCUT2D eigenvalue weighted by Crippen LogP contribution is -2.15. The van der Waals surface area contributed by atoms with Crippen LogP contribution >= 0.6 is 33.8 Å². The van der Waals surface area contributed by atoms with Crippen molar-refractivity contribution in [1.29, 1.82) is 0 Å². The molecule has 0 radical (unpaired) electrons. The summed E-state index contributed by atoms with van der Waals surface area (Å²) in [6.07, 6.45) is 0.936. The summed E-state index contributed by atoms with van der Waals surface area (Å²) in [5.74, 6) is 0.597. The average Bonchev–Trinajstić information content (AvgIpc) is 1.63. The van der Waals surface area contributed by atoms with Crippen molar-refractivity contribution >= 4 is 41.2 Å². The van der Waals surface area contributed by atoms with Gasteiger partial charge in [0.05, 0.1) is 5.00 Å². The molecule has 0 spiro atoms. The third kappa shape index (κ3) is 5.53. The first kappa shape index (κ1) is 10.1. The van der Waals surface area contributed by atoms with Gasteiger partial charge in [0.15, 0.2) is 0 Å². The molecule has 0 nitrogen and oxygen atoms in total. The van der Waals surface area contributed by atoms with Gasteiger partial charge in [-0.25, -0.2) is 0 Å². The summed E-state index contributed by atoms with van der Waals surface area (Å²) in [4.78, 5) is 0. The van der Waals surface area contributed by atoms with Gasteiger partial charge in [-0.3, -0.25) is 0 Å². The molecular weight excluding hydrogens is 194 g/mol. The zero-order valence-electron chi connectivity index (χ0n) is 5.57. The minimum absolute atomic E-state index is 0.0355. The highest BCUT2D eigenvalue weighted by molar-refractivity contribution is 7.36. The molecule has 0 aliphatic carbocycles. The summed E-state index contributed by atoms with van der Waals surface area (Å²) in [5, 5.41) is 0.0355. The molecular formula is C5H11Cl3Si. The van der Waals surface area contributed by atoms with E-state index in [2.05, 4.69) is 13.8 Å². The summed E-state index contributed by atoms with van der Waals surface area (Å²) < 4.78 is 0. The standard InChI is InChI=1S/C5H11Cl3Si/c1-4(2)3-5(6)9(7)8/h4-5,9H,3H2,1-2H3. The van der Waals surface area contributed by atoms with Crippen molar-refractivity contribution < 1.29 is 0 Å². The van der Waals surface area contributed by atoms with E-state index in [4.69, 9.17) is 33.8 Å². The lowest BCUT2D eigenvalue weighted by molar-refractivity contribution is 0.613. The van der Waals surface area contributed by atoms with Gasteiger partial charge in [-0.1, -0.05) is 13.8 Å². The summed E-state index contributed by atoms with van der Waals surface area (Å²) in [5.41, 5.74) is 0. The Morgan fingerprint density at radius 3 is 1.89 bits per heavy atom. The van der Waals surface area contributed by atoms with Crippen molar-refractivity contribution in [2.45, 2.75) is 25.3 Å². The quantitative estimate of drug-likeness (QED) is 0.378. The fourth-order valence-electron chi connectivity index (χ4n) is 0.553. The van der Waals surface area contributed by atoms with Crippen LogP contribution in [0.1, 0.15) is 20.3 Å². The number of hydrogen-bond donors (Lipinski definition) is 0. The van der Waals surface area contributed by atoms with E-state index in [1.165, 1.54) is 0 Å². The molecule has 0 aromatic rings. The topological polar surface area (TPSA) is 0 Å². The van der Waals surface area contributed by atoms with E-state index < -0.39 is 7.42 Å². The molecule has 0 aliphatic rings. The van der Waals surface area contributed by atoms with Crippen LogP contribution in [-0.4, -0.2) is 12.4 Å². The van der Waals surface area contributed by atoms with Crippen LogP contribution in [0.5, 0.6) is 0 Å². The van der Waals surface area contributed by atoms with Crippen LogP contribution in [0, 0.1) is 5.92 Å². The smallest absolute Gasteiger partial charge is 0.149 e. The molecule has 1 unspecified atom stereocenters. The SMILES string of the molecule is CC(C)CC(Cl)[SiH](Cl)Cl. The van der Waals surface area contributed by atoms with Crippen molar-refractivity contribution in [3.63, 3.8) is 0 Å². The van der Waals surface area contributed by atoms with Gasteiger partial charge in [0.1, 0.15) is 0 Å². The maximum absolute atomic E-state index is 5.81. The summed E-state index contributed by atoms with van der Waals surface area (Å²) >= 11 is 17.1. The molecule has 9 heavy (non-hydrogen) atoms. The molecule has 0 aromatic carbocycles. The highest BCUT2D eigenvalue weighted by atomic mass is 35.7. The van der Waals surface area contributed by atoms with E-state index in [9.17, 15) is 0 Å². The van der Waals surface area contributed by atoms with E-state index in [1.54, 1.807) is 0 Å². The molecule has 56 valence electrons. The van der Waals surface area contributed by atoms with Crippen molar-refractivity contribution in [3.8, 4) is 0 Å². The number of alkyl halides is 1. The van der Waals surface area contributed by atoms with Crippen LogP contribution in [0.4, 0.5) is 0 Å². The fourth-order valence-corrected chi connectivity index (χ4v) is 2.28. The molecule has 0 saturated heterocycles. The zero-order chi connectivity index (χ0) is 7.44. The highest BCUT2D eigenvalue weighted by Crippen LogP contribution is 2.17. The number of halogens is 3. The Labute approximate surface area is 72.5 Å². The van der Waals surface area contributed by atoms with Crippen molar-refractivity contribution in [2.24, 2.45) is 5.92 Å². The third-order valence-corrected chi connectivity index (χ3v) is 5.32. The largest absolute Gasteiger partial charge is 0.254 e. The minimum atomic E-state index is -1.61. The second kappa shape index (κ2) is 4.83. The first-order valence-electron chi connectivity index (χ1n) is 2.96. The Kier molecular flexibility index (Phi) is 5.42. The third-order valence-electron chi connectivity index (χ3n) is 0.970. The Morgan fingerprint density at radius 2 is 1.78 bits per heavy atom. The maximum atomic E-state index is 5.81. The summed E-state index contributed by atoms with van der Waals surface area (Å²) in [6.45, 7) is 4.22. The van der Waals surface area contributed by atoms with Crippen LogP contribution in [0.15, 0.2) is 0 Å². The van der Waals surface area contributed by atoms with Crippen molar-refractivity contribution in [2.75, 3.05) is 0 Å². The minimum Gasteiger partial charge on any atom is -0.149 e. The van der Waals surface area contributed by atoms with Gasteiger partial charge in [-0.05, 0) is 12.3 Å². The maximum Gasteiger partial charge on any atom is 0.254 e. The second-order valence-electron chi connectivity index (χ2n) is 2.48. The fraction of sp³-hybridized carbons (Fsp3) is 1.00. The molecule has 0 aliphatic heterocycles. The zero-order valence-corrected chi connectivity index (χ0v) is 9.00. The monoisotopic (exact) mass is 204 g/mol. The molecule has 0 fully saturated rings. The summed E-state index contributed by atoms with van der Waals surface area (Å²) in [6, 6.07) is 0. The van der Waals surface area contributed by atoms with E-state index in [1.807, 2.05) is 0 Å². The predicted octanol–water partition coefficient (Wildman–Crippen LogP) is 2.88. The van der Waals surface area contributed by atoms with Gasteiger partial charge in [-0.15, -0.1) is 33.8 Å². The van der Waals surface area contributed by atoms with Crippen LogP contribution < -0.4 is 0 Å². The molecule has 0 saturated carbocycles. The lowest BCUT2D eigenvalue weighted by atomic mass is 10.2. The van der Waals surface area contributed by atoms with E-state index in [0.29, 0.717) is 5.92 Å². The first-order valence-corrected chi connectivity index (χ1v) is 7.55. The van der Waals surface area contributed by atoms with E-state index in [0.717, 1.165) is 6.42 Å². The molecule has 0 amide bonds. The van der Waals surface area contributed by atoms with Gasteiger partial charge < -0.3 is 0 Å². The Morgan fingerprint density at radius 1 is 1.33 bits per heavy atom. The molecule has 0 heterocycles. The number of hydrogen-bond acceptors (Lipinski definition) is 0. The van der Waals surface area contributed by atoms with Gasteiger partial charge in [0, 0.05) is 0 Å². The second-order valence-corrected chi connectivity index (χ2v) is 8.43. The highest BCUT2D eigenvalue weighted by Gasteiger charge is 2.16. The Bertz CT molecular complexity index is 74.6. The Balaban J connectivity index is 3.38. The summed E-state index contributed by atoms with van der Waals surface area (Å²) in [7, 11) is -1.61. The average molecular weight is 206 g/mol. The molecule has 0 rings (SSSR count). The van der Waals surface area contributed by atoms with Crippen LogP contribution in [0.3, 0.4) is 0 Å². The van der Waals surface area contributed by atoms with Crippen molar-refractivity contribution in [1.82, 2.24) is 0 Å². The molecule has 0 N–H and O–H groups in total. The lowest BCUT2D eigenvalue weighted by Gasteiger charge is -2.10. The van der Waals surface area contributed by atoms with E-state index >= 15 is 0 Å². The first-order chi connectivity index (χ1) is 4.04. The van der Waals surface area contributed by atoms with Crippen LogP contribution in [0.2, 0.25) is 0 Å². The van der Waals surface area contributed by atoms with Crippen LogP contribution in [0.25, 0.3) is 0 Å². The van der Waals surface area contributed by atoms with Gasteiger partial charge in [0.25, 0.3) is 7.42 Å².